The highest BCUT2D eigenvalue weighted by molar-refractivity contribution is 9.10. The molecule has 0 saturated heterocycles. The maximum atomic E-state index is 11.5. The minimum Gasteiger partial charge on any atom is -0.492 e. The Morgan fingerprint density at radius 1 is 1.50 bits per heavy atom. The van der Waals surface area contributed by atoms with E-state index in [0.717, 1.165) is 18.0 Å². The van der Waals surface area contributed by atoms with Gasteiger partial charge in [-0.15, -0.1) is 0 Å². The highest BCUT2D eigenvalue weighted by Crippen LogP contribution is 2.18. The van der Waals surface area contributed by atoms with E-state index < -0.39 is 0 Å². The first-order chi connectivity index (χ1) is 8.49. The van der Waals surface area contributed by atoms with Crippen molar-refractivity contribution in [2.45, 2.75) is 11.8 Å². The van der Waals surface area contributed by atoms with Crippen LogP contribution in [0, 0.1) is 0 Å². The van der Waals surface area contributed by atoms with Gasteiger partial charge in [-0.2, -0.15) is 0 Å². The van der Waals surface area contributed by atoms with E-state index in [0.29, 0.717) is 6.61 Å². The molecule has 18 heavy (non-hydrogen) atoms. The number of carbonyl (C=O) groups excluding carboxylic acids is 1. The summed E-state index contributed by atoms with van der Waals surface area (Å²) in [4.78, 5) is 13.4. The topological polar surface area (TPSA) is 41.6 Å². The molecule has 0 aromatic heterocycles. The maximum Gasteiger partial charge on any atom is 0.237 e. The summed E-state index contributed by atoms with van der Waals surface area (Å²) in [5.41, 5.74) is 0.744. The molecule has 1 aromatic carbocycles. The van der Waals surface area contributed by atoms with Crippen LogP contribution in [0.3, 0.4) is 0 Å². The molecular formula is C13H19BrN2O2. The molecule has 1 atom stereocenters. The number of carbonyl (C=O) groups is 1. The Balaban J connectivity index is 2.54. The van der Waals surface area contributed by atoms with Crippen LogP contribution in [-0.4, -0.2) is 42.9 Å². The van der Waals surface area contributed by atoms with Gasteiger partial charge in [0.15, 0.2) is 0 Å². The molecule has 100 valence electrons. The number of rotatable bonds is 6. The number of nitrogens with one attached hydrogen (secondary N) is 1. The summed E-state index contributed by atoms with van der Waals surface area (Å²) in [7, 11) is 3.99. The van der Waals surface area contributed by atoms with Gasteiger partial charge in [-0.1, -0.05) is 22.0 Å². The number of anilines is 1. The molecule has 1 unspecified atom stereocenters. The fourth-order valence-electron chi connectivity index (χ4n) is 1.25. The van der Waals surface area contributed by atoms with Crippen LogP contribution >= 0.6 is 15.9 Å². The first kappa shape index (κ1) is 15.0. The highest BCUT2D eigenvalue weighted by atomic mass is 79.9. The van der Waals surface area contributed by atoms with Gasteiger partial charge in [-0.05, 0) is 33.2 Å². The van der Waals surface area contributed by atoms with E-state index in [1.54, 1.807) is 6.92 Å². The zero-order chi connectivity index (χ0) is 13.5. The van der Waals surface area contributed by atoms with Crippen molar-refractivity contribution in [1.29, 1.82) is 0 Å². The van der Waals surface area contributed by atoms with Crippen molar-refractivity contribution in [2.24, 2.45) is 0 Å². The second-order valence-electron chi connectivity index (χ2n) is 4.28. The van der Waals surface area contributed by atoms with Gasteiger partial charge in [0, 0.05) is 18.3 Å². The molecule has 0 saturated carbocycles. The van der Waals surface area contributed by atoms with Crippen LogP contribution in [-0.2, 0) is 4.79 Å². The van der Waals surface area contributed by atoms with E-state index in [1.165, 1.54) is 0 Å². The predicted octanol–water partition coefficient (Wildman–Crippen LogP) is 2.35. The van der Waals surface area contributed by atoms with E-state index in [1.807, 2.05) is 38.4 Å². The molecule has 0 aliphatic rings. The van der Waals surface area contributed by atoms with Crippen LogP contribution in [0.1, 0.15) is 6.92 Å². The summed E-state index contributed by atoms with van der Waals surface area (Å²) in [5.74, 6) is 0.692. The lowest BCUT2D eigenvalue weighted by atomic mass is 10.3. The summed E-state index contributed by atoms with van der Waals surface area (Å²) in [5, 5.41) is 2.80. The van der Waals surface area contributed by atoms with E-state index in [4.69, 9.17) is 4.74 Å². The molecule has 1 aromatic rings. The minimum absolute atomic E-state index is 0.0690. The lowest BCUT2D eigenvalue weighted by molar-refractivity contribution is -0.115. The highest BCUT2D eigenvalue weighted by Gasteiger charge is 2.08. The average molecular weight is 315 g/mol. The summed E-state index contributed by atoms with van der Waals surface area (Å²) < 4.78 is 5.59. The molecule has 5 heteroatoms. The molecule has 0 heterocycles. The fraction of sp³-hybridized carbons (Fsp3) is 0.462. The number of likely N-dealkylation sites (N-methyl/N-ethyl adjacent to an activating group) is 1. The van der Waals surface area contributed by atoms with E-state index in [2.05, 4.69) is 26.1 Å². The summed E-state index contributed by atoms with van der Waals surface area (Å²) in [6, 6.07) is 7.40. The van der Waals surface area contributed by atoms with Crippen molar-refractivity contribution in [3.8, 4) is 5.75 Å². The monoisotopic (exact) mass is 314 g/mol. The van der Waals surface area contributed by atoms with Crippen LogP contribution < -0.4 is 10.1 Å². The molecule has 4 nitrogen and oxygen atoms in total. The lowest BCUT2D eigenvalue weighted by Gasteiger charge is -2.12. The third-order valence-electron chi connectivity index (χ3n) is 2.27. The molecule has 0 spiro atoms. The molecule has 0 aliphatic heterocycles. The first-order valence-electron chi connectivity index (χ1n) is 5.81. The quantitative estimate of drug-likeness (QED) is 0.820. The minimum atomic E-state index is -0.212. The van der Waals surface area contributed by atoms with Crippen molar-refractivity contribution in [3.63, 3.8) is 0 Å². The fourth-order valence-corrected chi connectivity index (χ4v) is 1.37. The van der Waals surface area contributed by atoms with Crippen LogP contribution in [0.15, 0.2) is 24.3 Å². The zero-order valence-electron chi connectivity index (χ0n) is 10.9. The Bertz CT molecular complexity index is 394. The Labute approximate surface area is 116 Å². The van der Waals surface area contributed by atoms with Crippen molar-refractivity contribution in [1.82, 2.24) is 4.90 Å². The van der Waals surface area contributed by atoms with Crippen molar-refractivity contribution in [3.05, 3.63) is 24.3 Å². The number of ether oxygens (including phenoxy) is 1. The number of halogens is 1. The average Bonchev–Trinajstić information content (AvgIpc) is 2.28. The molecule has 0 radical (unpaired) electrons. The molecule has 0 fully saturated rings. The van der Waals surface area contributed by atoms with Gasteiger partial charge in [0.2, 0.25) is 5.91 Å². The van der Waals surface area contributed by atoms with Crippen LogP contribution in [0.25, 0.3) is 0 Å². The van der Waals surface area contributed by atoms with Gasteiger partial charge in [0.05, 0.1) is 4.83 Å². The van der Waals surface area contributed by atoms with Crippen molar-refractivity contribution >= 4 is 27.5 Å². The number of alkyl halides is 1. The lowest BCUT2D eigenvalue weighted by Crippen LogP contribution is -2.20. The van der Waals surface area contributed by atoms with Crippen LogP contribution in [0.2, 0.25) is 0 Å². The van der Waals surface area contributed by atoms with Gasteiger partial charge >= 0.3 is 0 Å². The van der Waals surface area contributed by atoms with Crippen LogP contribution in [0.4, 0.5) is 5.69 Å². The van der Waals surface area contributed by atoms with Crippen molar-refractivity contribution < 1.29 is 9.53 Å². The van der Waals surface area contributed by atoms with Crippen molar-refractivity contribution in [2.75, 3.05) is 32.6 Å². The third kappa shape index (κ3) is 5.51. The number of amides is 1. The Morgan fingerprint density at radius 2 is 2.22 bits per heavy atom. The number of nitrogens with zero attached hydrogens (tertiary/aromatic N) is 1. The van der Waals surface area contributed by atoms with E-state index in [9.17, 15) is 4.79 Å². The second-order valence-corrected chi connectivity index (χ2v) is 5.66. The molecule has 1 N–H and O–H groups in total. The number of benzene rings is 1. The normalized spacial score (nSPS) is 12.3. The second kappa shape index (κ2) is 7.38. The van der Waals surface area contributed by atoms with Gasteiger partial charge < -0.3 is 15.0 Å². The Hall–Kier alpha value is -1.07. The van der Waals surface area contributed by atoms with Crippen LogP contribution in [0.5, 0.6) is 5.75 Å². The predicted molar refractivity (Wildman–Crippen MR) is 77.5 cm³/mol. The number of hydrogen-bond acceptors (Lipinski definition) is 3. The van der Waals surface area contributed by atoms with Gasteiger partial charge in [-0.25, -0.2) is 0 Å². The third-order valence-corrected chi connectivity index (χ3v) is 2.69. The standard InChI is InChI=1S/C13H19BrN2O2/c1-10(14)13(17)15-11-5-4-6-12(9-11)18-8-7-16(2)3/h4-6,9-10H,7-8H2,1-3H3,(H,15,17). The number of hydrogen-bond donors (Lipinski definition) is 1. The first-order valence-corrected chi connectivity index (χ1v) is 6.73. The Kier molecular flexibility index (Phi) is 6.15. The largest absolute Gasteiger partial charge is 0.492 e. The zero-order valence-corrected chi connectivity index (χ0v) is 12.5. The van der Waals surface area contributed by atoms with E-state index >= 15 is 0 Å². The molecule has 1 rings (SSSR count). The van der Waals surface area contributed by atoms with E-state index in [-0.39, 0.29) is 10.7 Å². The molecule has 0 bridgehead atoms. The summed E-state index contributed by atoms with van der Waals surface area (Å²) >= 11 is 3.22. The molecular weight excluding hydrogens is 296 g/mol. The summed E-state index contributed by atoms with van der Waals surface area (Å²) in [6.07, 6.45) is 0. The molecule has 1 amide bonds. The van der Waals surface area contributed by atoms with Gasteiger partial charge in [0.25, 0.3) is 0 Å². The molecule has 0 aliphatic carbocycles. The van der Waals surface area contributed by atoms with Gasteiger partial charge in [-0.3, -0.25) is 4.79 Å². The maximum absolute atomic E-state index is 11.5. The summed E-state index contributed by atoms with van der Waals surface area (Å²) in [6.45, 7) is 3.26. The SMILES string of the molecule is CC(Br)C(=O)Nc1cccc(OCCN(C)C)c1. The van der Waals surface area contributed by atoms with Gasteiger partial charge in [0.1, 0.15) is 12.4 Å². The Morgan fingerprint density at radius 3 is 2.83 bits per heavy atom. The smallest absolute Gasteiger partial charge is 0.237 e.